The van der Waals surface area contributed by atoms with E-state index in [1.165, 1.54) is 12.1 Å². The molecule has 0 bridgehead atoms. The minimum atomic E-state index is -0.224. The van der Waals surface area contributed by atoms with Crippen molar-refractivity contribution in [1.82, 2.24) is 9.55 Å². The highest BCUT2D eigenvalue weighted by atomic mass is 35.5. The van der Waals surface area contributed by atoms with E-state index in [1.807, 2.05) is 35.8 Å². The molecule has 3 rings (SSSR count). The summed E-state index contributed by atoms with van der Waals surface area (Å²) in [6.45, 7) is 2.52. The van der Waals surface area contributed by atoms with Gasteiger partial charge in [-0.2, -0.15) is 0 Å². The number of fused-ring (bicyclic) bond motifs is 1. The van der Waals surface area contributed by atoms with Crippen LogP contribution in [0, 0.1) is 12.7 Å². The summed E-state index contributed by atoms with van der Waals surface area (Å²) in [7, 11) is 0. The van der Waals surface area contributed by atoms with Crippen molar-refractivity contribution >= 4 is 22.6 Å². The first-order valence-corrected chi connectivity index (χ1v) is 6.38. The standard InChI is InChI=1S/C15H12ClFN2/c1-10-18-14-6-5-12(16)8-15(14)19(10)9-11-3-2-4-13(17)7-11/h2-8H,9H2,1H3. The Morgan fingerprint density at radius 1 is 1.21 bits per heavy atom. The molecule has 0 saturated carbocycles. The van der Waals surface area contributed by atoms with Crippen LogP contribution in [0.3, 0.4) is 0 Å². The van der Waals surface area contributed by atoms with Crippen molar-refractivity contribution in [2.75, 3.05) is 0 Å². The molecule has 96 valence electrons. The van der Waals surface area contributed by atoms with Crippen LogP contribution in [0.4, 0.5) is 4.39 Å². The van der Waals surface area contributed by atoms with Gasteiger partial charge in [0, 0.05) is 11.6 Å². The lowest BCUT2D eigenvalue weighted by molar-refractivity contribution is 0.623. The summed E-state index contributed by atoms with van der Waals surface area (Å²) < 4.78 is 15.3. The molecule has 0 aliphatic carbocycles. The largest absolute Gasteiger partial charge is 0.324 e. The maximum Gasteiger partial charge on any atom is 0.123 e. The number of hydrogen-bond acceptors (Lipinski definition) is 1. The molecule has 3 aromatic rings. The molecule has 4 heteroatoms. The van der Waals surface area contributed by atoms with Crippen molar-refractivity contribution in [2.24, 2.45) is 0 Å². The smallest absolute Gasteiger partial charge is 0.123 e. The molecule has 0 spiro atoms. The lowest BCUT2D eigenvalue weighted by Crippen LogP contribution is -2.02. The molecule has 0 saturated heterocycles. The van der Waals surface area contributed by atoms with Crippen LogP contribution in [0.2, 0.25) is 5.02 Å². The zero-order chi connectivity index (χ0) is 13.4. The first-order valence-electron chi connectivity index (χ1n) is 6.00. The molecular weight excluding hydrogens is 263 g/mol. The number of nitrogens with zero attached hydrogens (tertiary/aromatic N) is 2. The summed E-state index contributed by atoms with van der Waals surface area (Å²) in [5.41, 5.74) is 2.77. The van der Waals surface area contributed by atoms with Crippen molar-refractivity contribution < 1.29 is 4.39 Å². The minimum Gasteiger partial charge on any atom is -0.324 e. The van der Waals surface area contributed by atoms with Gasteiger partial charge in [-0.05, 0) is 42.8 Å². The van der Waals surface area contributed by atoms with E-state index in [0.29, 0.717) is 11.6 Å². The van der Waals surface area contributed by atoms with Gasteiger partial charge < -0.3 is 4.57 Å². The van der Waals surface area contributed by atoms with Gasteiger partial charge in [0.1, 0.15) is 11.6 Å². The maximum atomic E-state index is 13.2. The highest BCUT2D eigenvalue weighted by Gasteiger charge is 2.08. The van der Waals surface area contributed by atoms with Gasteiger partial charge in [0.05, 0.1) is 11.0 Å². The van der Waals surface area contributed by atoms with Crippen LogP contribution in [0.5, 0.6) is 0 Å². The van der Waals surface area contributed by atoms with Gasteiger partial charge in [-0.15, -0.1) is 0 Å². The topological polar surface area (TPSA) is 17.8 Å². The Balaban J connectivity index is 2.09. The van der Waals surface area contributed by atoms with Crippen LogP contribution in [0.15, 0.2) is 42.5 Å². The molecule has 0 amide bonds. The highest BCUT2D eigenvalue weighted by molar-refractivity contribution is 6.31. The molecule has 0 fully saturated rings. The summed E-state index contributed by atoms with van der Waals surface area (Å²) in [6.07, 6.45) is 0. The average molecular weight is 275 g/mol. The molecule has 2 aromatic carbocycles. The van der Waals surface area contributed by atoms with Crippen LogP contribution < -0.4 is 0 Å². The van der Waals surface area contributed by atoms with Gasteiger partial charge >= 0.3 is 0 Å². The van der Waals surface area contributed by atoms with Crippen molar-refractivity contribution in [1.29, 1.82) is 0 Å². The lowest BCUT2D eigenvalue weighted by Gasteiger charge is -2.07. The lowest BCUT2D eigenvalue weighted by atomic mass is 10.2. The maximum absolute atomic E-state index is 13.2. The molecule has 0 unspecified atom stereocenters. The third-order valence-corrected chi connectivity index (χ3v) is 3.37. The Labute approximate surface area is 115 Å². The van der Waals surface area contributed by atoms with Crippen molar-refractivity contribution in [2.45, 2.75) is 13.5 Å². The molecule has 1 heterocycles. The van der Waals surface area contributed by atoms with Gasteiger partial charge in [0.2, 0.25) is 0 Å². The van der Waals surface area contributed by atoms with E-state index in [-0.39, 0.29) is 5.82 Å². The van der Waals surface area contributed by atoms with Crippen molar-refractivity contribution in [3.63, 3.8) is 0 Å². The normalized spacial score (nSPS) is 11.1. The Morgan fingerprint density at radius 3 is 2.84 bits per heavy atom. The Morgan fingerprint density at radius 2 is 2.05 bits per heavy atom. The fourth-order valence-electron chi connectivity index (χ4n) is 2.23. The number of aromatic nitrogens is 2. The fourth-order valence-corrected chi connectivity index (χ4v) is 2.40. The number of hydrogen-bond donors (Lipinski definition) is 0. The summed E-state index contributed by atoms with van der Waals surface area (Å²) in [5, 5.41) is 0.674. The van der Waals surface area contributed by atoms with Crippen LogP contribution in [0.1, 0.15) is 11.4 Å². The van der Waals surface area contributed by atoms with E-state index in [9.17, 15) is 4.39 Å². The number of rotatable bonds is 2. The van der Waals surface area contributed by atoms with Gasteiger partial charge in [-0.25, -0.2) is 9.37 Å². The Kier molecular flexibility index (Phi) is 2.99. The molecule has 0 radical (unpaired) electrons. The first kappa shape index (κ1) is 12.2. The summed E-state index contributed by atoms with van der Waals surface area (Å²) in [4.78, 5) is 4.48. The summed E-state index contributed by atoms with van der Waals surface area (Å²) >= 11 is 6.03. The minimum absolute atomic E-state index is 0.224. The van der Waals surface area contributed by atoms with E-state index < -0.39 is 0 Å². The molecule has 0 aliphatic rings. The van der Waals surface area contributed by atoms with Crippen molar-refractivity contribution in [3.8, 4) is 0 Å². The zero-order valence-electron chi connectivity index (χ0n) is 10.4. The molecule has 1 aromatic heterocycles. The molecule has 0 atom stereocenters. The van der Waals surface area contributed by atoms with Gasteiger partial charge in [0.15, 0.2) is 0 Å². The van der Waals surface area contributed by atoms with Crippen LogP contribution >= 0.6 is 11.6 Å². The second kappa shape index (κ2) is 4.67. The van der Waals surface area contributed by atoms with Gasteiger partial charge in [0.25, 0.3) is 0 Å². The molecule has 19 heavy (non-hydrogen) atoms. The Bertz CT molecular complexity index is 749. The van der Waals surface area contributed by atoms with E-state index in [4.69, 9.17) is 11.6 Å². The second-order valence-corrected chi connectivity index (χ2v) is 4.94. The predicted molar refractivity (Wildman–Crippen MR) is 75.0 cm³/mol. The van der Waals surface area contributed by atoms with Crippen LogP contribution in [-0.4, -0.2) is 9.55 Å². The van der Waals surface area contributed by atoms with Crippen molar-refractivity contribution in [3.05, 3.63) is 64.7 Å². The quantitative estimate of drug-likeness (QED) is 0.685. The zero-order valence-corrected chi connectivity index (χ0v) is 11.2. The summed E-state index contributed by atoms with van der Waals surface area (Å²) in [6, 6.07) is 12.2. The van der Waals surface area contributed by atoms with Crippen LogP contribution in [0.25, 0.3) is 11.0 Å². The third-order valence-electron chi connectivity index (χ3n) is 3.13. The predicted octanol–water partition coefficient (Wildman–Crippen LogP) is 4.19. The monoisotopic (exact) mass is 274 g/mol. The fraction of sp³-hybridized carbons (Fsp3) is 0.133. The molecule has 0 aliphatic heterocycles. The number of imidazole rings is 1. The Hall–Kier alpha value is -1.87. The SMILES string of the molecule is Cc1nc2ccc(Cl)cc2n1Cc1cccc(F)c1. The number of benzene rings is 2. The van der Waals surface area contributed by atoms with E-state index >= 15 is 0 Å². The van der Waals surface area contributed by atoms with E-state index in [1.54, 1.807) is 6.07 Å². The second-order valence-electron chi connectivity index (χ2n) is 4.51. The third kappa shape index (κ3) is 2.34. The van der Waals surface area contributed by atoms with Gasteiger partial charge in [-0.3, -0.25) is 0 Å². The summed E-state index contributed by atoms with van der Waals surface area (Å²) in [5.74, 6) is 0.666. The van der Waals surface area contributed by atoms with Crippen LogP contribution in [-0.2, 0) is 6.54 Å². The molecular formula is C15H12ClFN2. The number of aryl methyl sites for hydroxylation is 1. The van der Waals surface area contributed by atoms with E-state index in [2.05, 4.69) is 4.98 Å². The highest BCUT2D eigenvalue weighted by Crippen LogP contribution is 2.21. The van der Waals surface area contributed by atoms with E-state index in [0.717, 1.165) is 22.4 Å². The van der Waals surface area contributed by atoms with Gasteiger partial charge in [-0.1, -0.05) is 23.7 Å². The number of halogens is 2. The average Bonchev–Trinajstić information content (AvgIpc) is 2.66. The first-order chi connectivity index (χ1) is 9.13. The molecule has 2 nitrogen and oxygen atoms in total. The molecule has 0 N–H and O–H groups in total.